The number of hydrogen-bond acceptors (Lipinski definition) is 5. The SMILES string of the molecule is CCCCc1nnc(NC(=O)NC(C)CCCO)s1. The van der Waals surface area contributed by atoms with Gasteiger partial charge in [0.15, 0.2) is 0 Å². The number of aromatic nitrogens is 2. The highest BCUT2D eigenvalue weighted by molar-refractivity contribution is 7.15. The van der Waals surface area contributed by atoms with Crippen molar-refractivity contribution in [1.82, 2.24) is 15.5 Å². The summed E-state index contributed by atoms with van der Waals surface area (Å²) in [5, 5.41) is 23.6. The molecule has 1 heterocycles. The first-order chi connectivity index (χ1) is 9.15. The van der Waals surface area contributed by atoms with Crippen LogP contribution in [-0.2, 0) is 6.42 Å². The van der Waals surface area contributed by atoms with Crippen LogP contribution in [-0.4, -0.2) is 34.0 Å². The molecule has 0 aliphatic heterocycles. The van der Waals surface area contributed by atoms with Gasteiger partial charge in [0.05, 0.1) is 0 Å². The van der Waals surface area contributed by atoms with Crippen molar-refractivity contribution in [2.45, 2.75) is 52.0 Å². The molecule has 1 aromatic rings. The highest BCUT2D eigenvalue weighted by Gasteiger charge is 2.10. The van der Waals surface area contributed by atoms with Gasteiger partial charge in [-0.1, -0.05) is 24.7 Å². The molecule has 1 rings (SSSR count). The summed E-state index contributed by atoms with van der Waals surface area (Å²) in [6.45, 7) is 4.17. The third-order valence-corrected chi connectivity index (χ3v) is 3.50. The molecule has 2 amide bonds. The maximum atomic E-state index is 11.7. The van der Waals surface area contributed by atoms with Crippen molar-refractivity contribution in [2.24, 2.45) is 0 Å². The monoisotopic (exact) mass is 286 g/mol. The summed E-state index contributed by atoms with van der Waals surface area (Å²) in [5.74, 6) is 0. The topological polar surface area (TPSA) is 87.1 Å². The van der Waals surface area contributed by atoms with Crippen molar-refractivity contribution in [1.29, 1.82) is 0 Å². The van der Waals surface area contributed by atoms with E-state index in [2.05, 4.69) is 27.8 Å². The van der Waals surface area contributed by atoms with Gasteiger partial charge in [-0.2, -0.15) is 0 Å². The number of anilines is 1. The number of unbranched alkanes of at least 4 members (excludes halogenated alkanes) is 1. The van der Waals surface area contributed by atoms with Crippen molar-refractivity contribution in [2.75, 3.05) is 11.9 Å². The van der Waals surface area contributed by atoms with E-state index in [0.717, 1.165) is 30.7 Å². The molecule has 0 spiro atoms. The standard InChI is InChI=1S/C12H22N4O2S/c1-3-4-7-10-15-16-12(19-10)14-11(18)13-9(2)6-5-8-17/h9,17H,3-8H2,1-2H3,(H2,13,14,16,18). The van der Waals surface area contributed by atoms with E-state index in [1.807, 2.05) is 6.92 Å². The summed E-state index contributed by atoms with van der Waals surface area (Å²) in [7, 11) is 0. The summed E-state index contributed by atoms with van der Waals surface area (Å²) >= 11 is 1.41. The van der Waals surface area contributed by atoms with Crippen LogP contribution in [0.1, 0.15) is 44.5 Å². The predicted octanol–water partition coefficient (Wildman–Crippen LogP) is 2.16. The van der Waals surface area contributed by atoms with E-state index >= 15 is 0 Å². The molecule has 108 valence electrons. The van der Waals surface area contributed by atoms with Crippen LogP contribution in [0.2, 0.25) is 0 Å². The molecule has 0 radical (unpaired) electrons. The van der Waals surface area contributed by atoms with Crippen LogP contribution < -0.4 is 10.6 Å². The van der Waals surface area contributed by atoms with Crippen LogP contribution in [0.4, 0.5) is 9.93 Å². The van der Waals surface area contributed by atoms with Gasteiger partial charge in [-0.15, -0.1) is 10.2 Å². The minimum Gasteiger partial charge on any atom is -0.396 e. The second-order valence-electron chi connectivity index (χ2n) is 4.47. The molecule has 0 aliphatic carbocycles. The summed E-state index contributed by atoms with van der Waals surface area (Å²) in [5.41, 5.74) is 0. The molecule has 1 aromatic heterocycles. The Morgan fingerprint density at radius 3 is 2.89 bits per heavy atom. The lowest BCUT2D eigenvalue weighted by Crippen LogP contribution is -2.36. The Kier molecular flexibility index (Phi) is 7.35. The number of hydrogen-bond donors (Lipinski definition) is 3. The smallest absolute Gasteiger partial charge is 0.321 e. The molecular weight excluding hydrogens is 264 g/mol. The number of amides is 2. The molecule has 0 aliphatic rings. The Hall–Kier alpha value is -1.21. The first kappa shape index (κ1) is 15.8. The summed E-state index contributed by atoms with van der Waals surface area (Å²) in [4.78, 5) is 11.7. The van der Waals surface area contributed by atoms with Gasteiger partial charge in [-0.05, 0) is 26.2 Å². The molecule has 0 saturated carbocycles. The Balaban J connectivity index is 2.33. The van der Waals surface area contributed by atoms with Gasteiger partial charge in [-0.3, -0.25) is 5.32 Å². The van der Waals surface area contributed by atoms with Crippen LogP contribution in [0.15, 0.2) is 0 Å². The molecule has 19 heavy (non-hydrogen) atoms. The fourth-order valence-electron chi connectivity index (χ4n) is 1.56. The minimum atomic E-state index is -0.274. The van der Waals surface area contributed by atoms with Gasteiger partial charge >= 0.3 is 6.03 Å². The normalized spacial score (nSPS) is 12.2. The van der Waals surface area contributed by atoms with Crippen molar-refractivity contribution in [3.8, 4) is 0 Å². The number of carbonyl (C=O) groups is 1. The van der Waals surface area contributed by atoms with E-state index in [-0.39, 0.29) is 18.7 Å². The van der Waals surface area contributed by atoms with Crippen molar-refractivity contribution in [3.05, 3.63) is 5.01 Å². The lowest BCUT2D eigenvalue weighted by molar-refractivity contribution is 0.245. The zero-order valence-corrected chi connectivity index (χ0v) is 12.3. The molecule has 6 nitrogen and oxygen atoms in total. The summed E-state index contributed by atoms with van der Waals surface area (Å²) < 4.78 is 0. The first-order valence-electron chi connectivity index (χ1n) is 6.66. The average Bonchev–Trinajstić information content (AvgIpc) is 2.81. The number of aliphatic hydroxyl groups excluding tert-OH is 1. The zero-order valence-electron chi connectivity index (χ0n) is 11.5. The zero-order chi connectivity index (χ0) is 14.1. The van der Waals surface area contributed by atoms with Gasteiger partial charge in [0.25, 0.3) is 0 Å². The van der Waals surface area contributed by atoms with Crippen molar-refractivity contribution in [3.63, 3.8) is 0 Å². The first-order valence-corrected chi connectivity index (χ1v) is 7.48. The Morgan fingerprint density at radius 2 is 2.21 bits per heavy atom. The molecule has 1 atom stereocenters. The molecule has 1 unspecified atom stereocenters. The highest BCUT2D eigenvalue weighted by Crippen LogP contribution is 2.16. The van der Waals surface area contributed by atoms with Crippen LogP contribution in [0.25, 0.3) is 0 Å². The van der Waals surface area contributed by atoms with Crippen molar-refractivity contribution >= 4 is 22.5 Å². The molecule has 0 fully saturated rings. The van der Waals surface area contributed by atoms with Gasteiger partial charge in [-0.25, -0.2) is 4.79 Å². The number of aryl methyl sites for hydroxylation is 1. The largest absolute Gasteiger partial charge is 0.396 e. The van der Waals surface area contributed by atoms with Gasteiger partial charge < -0.3 is 10.4 Å². The second kappa shape index (κ2) is 8.82. The quantitative estimate of drug-likeness (QED) is 0.683. The number of nitrogens with one attached hydrogen (secondary N) is 2. The van der Waals surface area contributed by atoms with E-state index in [4.69, 9.17) is 5.11 Å². The van der Waals surface area contributed by atoms with E-state index in [1.165, 1.54) is 11.3 Å². The molecule has 0 bridgehead atoms. The minimum absolute atomic E-state index is 0.0274. The van der Waals surface area contributed by atoms with Gasteiger partial charge in [0, 0.05) is 19.1 Å². The second-order valence-corrected chi connectivity index (χ2v) is 5.53. The average molecular weight is 286 g/mol. The van der Waals surface area contributed by atoms with Gasteiger partial charge in [0.2, 0.25) is 5.13 Å². The van der Waals surface area contributed by atoms with E-state index in [9.17, 15) is 4.79 Å². The van der Waals surface area contributed by atoms with Gasteiger partial charge in [0.1, 0.15) is 5.01 Å². The summed E-state index contributed by atoms with van der Waals surface area (Å²) in [6, 6.07) is -0.247. The maximum Gasteiger partial charge on any atom is 0.321 e. The molecular formula is C12H22N4O2S. The number of aliphatic hydroxyl groups is 1. The molecule has 3 N–H and O–H groups in total. The number of rotatable bonds is 8. The fraction of sp³-hybridized carbons (Fsp3) is 0.750. The van der Waals surface area contributed by atoms with Crippen LogP contribution >= 0.6 is 11.3 Å². The molecule has 0 aromatic carbocycles. The molecule has 0 saturated heterocycles. The van der Waals surface area contributed by atoms with Crippen LogP contribution in [0, 0.1) is 0 Å². The Bertz CT molecular complexity index is 384. The fourth-order valence-corrected chi connectivity index (χ4v) is 2.34. The number of carbonyl (C=O) groups excluding carboxylic acids is 1. The predicted molar refractivity (Wildman–Crippen MR) is 76.5 cm³/mol. The Labute approximate surface area is 117 Å². The summed E-state index contributed by atoms with van der Waals surface area (Å²) in [6.07, 6.45) is 4.54. The van der Waals surface area contributed by atoms with E-state index in [1.54, 1.807) is 0 Å². The van der Waals surface area contributed by atoms with Crippen LogP contribution in [0.3, 0.4) is 0 Å². The highest BCUT2D eigenvalue weighted by atomic mass is 32.1. The molecule has 7 heteroatoms. The maximum absolute atomic E-state index is 11.7. The Morgan fingerprint density at radius 1 is 1.42 bits per heavy atom. The lowest BCUT2D eigenvalue weighted by Gasteiger charge is -2.12. The van der Waals surface area contributed by atoms with Crippen molar-refractivity contribution < 1.29 is 9.90 Å². The van der Waals surface area contributed by atoms with Crippen LogP contribution in [0.5, 0.6) is 0 Å². The van der Waals surface area contributed by atoms with E-state index in [0.29, 0.717) is 11.6 Å². The van der Waals surface area contributed by atoms with E-state index < -0.39 is 0 Å². The third-order valence-electron chi connectivity index (χ3n) is 2.60. The third kappa shape index (κ3) is 6.49. The lowest BCUT2D eigenvalue weighted by atomic mass is 10.2. The number of urea groups is 1. The number of nitrogens with zero attached hydrogens (tertiary/aromatic N) is 2.